The molecule has 0 aliphatic heterocycles. The molecule has 0 amide bonds. The molecule has 0 spiro atoms. The first-order valence-electron chi connectivity index (χ1n) is 6.37. The first-order valence-corrected chi connectivity index (χ1v) is 6.74. The summed E-state index contributed by atoms with van der Waals surface area (Å²) in [4.78, 5) is 0. The van der Waals surface area contributed by atoms with Gasteiger partial charge in [0.1, 0.15) is 17.7 Å². The SMILES string of the molecule is CCCNCC(Oc1ccc(F)c(Cl)c1)C(C)C. The van der Waals surface area contributed by atoms with E-state index in [-0.39, 0.29) is 11.1 Å². The van der Waals surface area contributed by atoms with E-state index in [0.29, 0.717) is 11.7 Å². The van der Waals surface area contributed by atoms with E-state index in [1.807, 2.05) is 0 Å². The predicted octanol–water partition coefficient (Wildman–Crippen LogP) is 3.88. The fourth-order valence-corrected chi connectivity index (χ4v) is 1.73. The number of benzene rings is 1. The molecular weight excluding hydrogens is 253 g/mol. The lowest BCUT2D eigenvalue weighted by molar-refractivity contribution is 0.149. The summed E-state index contributed by atoms with van der Waals surface area (Å²) in [6.45, 7) is 8.07. The number of nitrogens with one attached hydrogen (secondary N) is 1. The number of hydrogen-bond acceptors (Lipinski definition) is 2. The van der Waals surface area contributed by atoms with Crippen LogP contribution in [0.1, 0.15) is 27.2 Å². The van der Waals surface area contributed by atoms with Gasteiger partial charge < -0.3 is 10.1 Å². The Hall–Kier alpha value is -0.800. The summed E-state index contributed by atoms with van der Waals surface area (Å²) in [5.41, 5.74) is 0. The van der Waals surface area contributed by atoms with Gasteiger partial charge in [0, 0.05) is 12.6 Å². The summed E-state index contributed by atoms with van der Waals surface area (Å²) in [6, 6.07) is 4.46. The van der Waals surface area contributed by atoms with Gasteiger partial charge in [-0.25, -0.2) is 4.39 Å². The van der Waals surface area contributed by atoms with Crippen molar-refractivity contribution >= 4 is 11.6 Å². The summed E-state index contributed by atoms with van der Waals surface area (Å²) in [7, 11) is 0. The maximum atomic E-state index is 13.0. The highest BCUT2D eigenvalue weighted by Crippen LogP contribution is 2.23. The van der Waals surface area contributed by atoms with E-state index >= 15 is 0 Å². The highest BCUT2D eigenvalue weighted by molar-refractivity contribution is 6.30. The predicted molar refractivity (Wildman–Crippen MR) is 73.8 cm³/mol. The minimum absolute atomic E-state index is 0.0538. The third-order valence-electron chi connectivity index (χ3n) is 2.69. The fraction of sp³-hybridized carbons (Fsp3) is 0.571. The van der Waals surface area contributed by atoms with Crippen molar-refractivity contribution in [2.45, 2.75) is 33.3 Å². The Morgan fingerprint density at radius 1 is 1.39 bits per heavy atom. The van der Waals surface area contributed by atoms with E-state index in [9.17, 15) is 4.39 Å². The largest absolute Gasteiger partial charge is 0.489 e. The van der Waals surface area contributed by atoms with E-state index in [4.69, 9.17) is 16.3 Å². The van der Waals surface area contributed by atoms with Crippen molar-refractivity contribution in [3.05, 3.63) is 29.0 Å². The Labute approximate surface area is 113 Å². The van der Waals surface area contributed by atoms with Gasteiger partial charge in [0.05, 0.1) is 5.02 Å². The normalized spacial score (nSPS) is 12.8. The molecule has 1 rings (SSSR count). The molecule has 0 fully saturated rings. The molecule has 1 aromatic rings. The topological polar surface area (TPSA) is 21.3 Å². The van der Waals surface area contributed by atoms with Gasteiger partial charge in [0.25, 0.3) is 0 Å². The number of hydrogen-bond donors (Lipinski definition) is 1. The van der Waals surface area contributed by atoms with Crippen molar-refractivity contribution in [1.82, 2.24) is 5.32 Å². The van der Waals surface area contributed by atoms with E-state index in [1.165, 1.54) is 12.1 Å². The second-order valence-corrected chi connectivity index (χ2v) is 5.09. The lowest BCUT2D eigenvalue weighted by atomic mass is 10.1. The molecule has 2 nitrogen and oxygen atoms in total. The molecule has 0 saturated heterocycles. The van der Waals surface area contributed by atoms with Gasteiger partial charge in [-0.05, 0) is 31.0 Å². The van der Waals surface area contributed by atoms with Crippen LogP contribution in [-0.4, -0.2) is 19.2 Å². The van der Waals surface area contributed by atoms with E-state index in [0.717, 1.165) is 19.5 Å². The van der Waals surface area contributed by atoms with Crippen molar-refractivity contribution in [3.63, 3.8) is 0 Å². The molecule has 0 saturated carbocycles. The van der Waals surface area contributed by atoms with E-state index < -0.39 is 5.82 Å². The molecule has 0 aliphatic carbocycles. The van der Waals surface area contributed by atoms with Crippen LogP contribution in [0, 0.1) is 11.7 Å². The van der Waals surface area contributed by atoms with Gasteiger partial charge >= 0.3 is 0 Å². The highest BCUT2D eigenvalue weighted by atomic mass is 35.5. The molecule has 0 aliphatic rings. The van der Waals surface area contributed by atoms with E-state index in [1.54, 1.807) is 6.07 Å². The van der Waals surface area contributed by atoms with Crippen molar-refractivity contribution < 1.29 is 9.13 Å². The smallest absolute Gasteiger partial charge is 0.142 e. The zero-order valence-electron chi connectivity index (χ0n) is 11.2. The lowest BCUT2D eigenvalue weighted by Gasteiger charge is -2.23. The minimum atomic E-state index is -0.422. The molecule has 1 unspecified atom stereocenters. The van der Waals surface area contributed by atoms with Crippen LogP contribution in [0.3, 0.4) is 0 Å². The first kappa shape index (κ1) is 15.3. The van der Waals surface area contributed by atoms with Gasteiger partial charge in [0.2, 0.25) is 0 Å². The second kappa shape index (κ2) is 7.59. The second-order valence-electron chi connectivity index (χ2n) is 4.68. The standard InChI is InChI=1S/C14H21ClFNO/c1-4-7-17-9-14(10(2)3)18-11-5-6-13(16)12(15)8-11/h5-6,8,10,14,17H,4,7,9H2,1-3H3. The van der Waals surface area contributed by atoms with Crippen LogP contribution in [-0.2, 0) is 0 Å². The molecule has 18 heavy (non-hydrogen) atoms. The van der Waals surface area contributed by atoms with Crippen molar-refractivity contribution in [2.75, 3.05) is 13.1 Å². The quantitative estimate of drug-likeness (QED) is 0.761. The number of rotatable bonds is 7. The first-order chi connectivity index (χ1) is 8.54. The Morgan fingerprint density at radius 2 is 2.11 bits per heavy atom. The Morgan fingerprint density at radius 3 is 2.67 bits per heavy atom. The summed E-state index contributed by atoms with van der Waals surface area (Å²) in [6.07, 6.45) is 1.14. The average Bonchev–Trinajstić information content (AvgIpc) is 2.32. The Bertz CT molecular complexity index is 371. The lowest BCUT2D eigenvalue weighted by Crippen LogP contribution is -2.35. The maximum absolute atomic E-state index is 13.0. The third kappa shape index (κ3) is 4.83. The van der Waals surface area contributed by atoms with Crippen LogP contribution in [0.25, 0.3) is 0 Å². The zero-order valence-corrected chi connectivity index (χ0v) is 11.9. The minimum Gasteiger partial charge on any atom is -0.489 e. The summed E-state index contributed by atoms with van der Waals surface area (Å²) < 4.78 is 18.9. The fourth-order valence-electron chi connectivity index (χ4n) is 1.56. The maximum Gasteiger partial charge on any atom is 0.142 e. The van der Waals surface area contributed by atoms with Crippen LogP contribution >= 0.6 is 11.6 Å². The molecule has 0 radical (unpaired) electrons. The van der Waals surface area contributed by atoms with Crippen LogP contribution in [0.2, 0.25) is 5.02 Å². The van der Waals surface area contributed by atoms with Crippen LogP contribution < -0.4 is 10.1 Å². The molecule has 102 valence electrons. The Kier molecular flexibility index (Phi) is 6.44. The van der Waals surface area contributed by atoms with Gasteiger partial charge in [-0.3, -0.25) is 0 Å². The Balaban J connectivity index is 2.61. The van der Waals surface area contributed by atoms with Gasteiger partial charge in [-0.1, -0.05) is 32.4 Å². The molecule has 1 N–H and O–H groups in total. The average molecular weight is 274 g/mol. The molecule has 0 bridgehead atoms. The summed E-state index contributed by atoms with van der Waals surface area (Å²) >= 11 is 5.73. The highest BCUT2D eigenvalue weighted by Gasteiger charge is 2.15. The zero-order chi connectivity index (χ0) is 13.5. The molecule has 0 heterocycles. The summed E-state index contributed by atoms with van der Waals surface area (Å²) in [5, 5.41) is 3.42. The van der Waals surface area contributed by atoms with Crippen LogP contribution in [0.4, 0.5) is 4.39 Å². The summed E-state index contributed by atoms with van der Waals surface area (Å²) in [5.74, 6) is 0.561. The monoisotopic (exact) mass is 273 g/mol. The number of ether oxygens (including phenoxy) is 1. The molecule has 1 aromatic carbocycles. The van der Waals surface area contributed by atoms with Crippen LogP contribution in [0.5, 0.6) is 5.75 Å². The van der Waals surface area contributed by atoms with Crippen molar-refractivity contribution in [2.24, 2.45) is 5.92 Å². The van der Waals surface area contributed by atoms with Crippen molar-refractivity contribution in [1.29, 1.82) is 0 Å². The van der Waals surface area contributed by atoms with Gasteiger partial charge in [-0.15, -0.1) is 0 Å². The third-order valence-corrected chi connectivity index (χ3v) is 2.98. The molecule has 0 aromatic heterocycles. The van der Waals surface area contributed by atoms with Gasteiger partial charge in [0.15, 0.2) is 0 Å². The molecule has 1 atom stereocenters. The van der Waals surface area contributed by atoms with Gasteiger partial charge in [-0.2, -0.15) is 0 Å². The number of halogens is 2. The molecule has 4 heteroatoms. The molecular formula is C14H21ClFNO. The van der Waals surface area contributed by atoms with Crippen LogP contribution in [0.15, 0.2) is 18.2 Å². The van der Waals surface area contributed by atoms with Crippen molar-refractivity contribution in [3.8, 4) is 5.75 Å². The van der Waals surface area contributed by atoms with E-state index in [2.05, 4.69) is 26.1 Å².